The van der Waals surface area contributed by atoms with E-state index in [1.54, 1.807) is 12.1 Å². The number of rotatable bonds is 7. The van der Waals surface area contributed by atoms with Crippen LogP contribution in [0.1, 0.15) is 32.9 Å². The zero-order valence-corrected chi connectivity index (χ0v) is 16.5. The predicted molar refractivity (Wildman–Crippen MR) is 111 cm³/mol. The van der Waals surface area contributed by atoms with Gasteiger partial charge in [-0.2, -0.15) is 0 Å². The molecule has 2 aromatic carbocycles. The van der Waals surface area contributed by atoms with Crippen LogP contribution in [0.3, 0.4) is 0 Å². The van der Waals surface area contributed by atoms with Crippen LogP contribution in [-0.2, 0) is 13.0 Å². The van der Waals surface area contributed by atoms with Crippen molar-refractivity contribution in [3.63, 3.8) is 0 Å². The average molecular weight is 389 g/mol. The maximum Gasteiger partial charge on any atom is 0.255 e. The van der Waals surface area contributed by atoms with Crippen molar-refractivity contribution in [1.82, 2.24) is 15.5 Å². The van der Waals surface area contributed by atoms with Crippen LogP contribution in [0.25, 0.3) is 10.9 Å². The van der Waals surface area contributed by atoms with Gasteiger partial charge in [0.1, 0.15) is 18.1 Å². The van der Waals surface area contributed by atoms with Crippen molar-refractivity contribution >= 4 is 16.8 Å². The van der Waals surface area contributed by atoms with E-state index in [4.69, 9.17) is 9.26 Å². The molecule has 0 fully saturated rings. The lowest BCUT2D eigenvalue weighted by Gasteiger charge is -2.11. The number of aromatic nitrogens is 2. The van der Waals surface area contributed by atoms with E-state index in [9.17, 15) is 4.79 Å². The molecular weight excluding hydrogens is 366 g/mol. The van der Waals surface area contributed by atoms with E-state index >= 15 is 0 Å². The third-order valence-electron chi connectivity index (χ3n) is 5.04. The highest BCUT2D eigenvalue weighted by molar-refractivity contribution is 5.97. The van der Waals surface area contributed by atoms with Gasteiger partial charge in [-0.15, -0.1) is 0 Å². The van der Waals surface area contributed by atoms with E-state index in [-0.39, 0.29) is 5.91 Å². The summed E-state index contributed by atoms with van der Waals surface area (Å²) in [5.41, 5.74) is 4.50. The van der Waals surface area contributed by atoms with Gasteiger partial charge in [-0.25, -0.2) is 0 Å². The number of fused-ring (bicyclic) bond motifs is 1. The summed E-state index contributed by atoms with van der Waals surface area (Å²) in [5, 5.41) is 8.12. The van der Waals surface area contributed by atoms with Gasteiger partial charge >= 0.3 is 0 Å². The first kappa shape index (κ1) is 18.8. The molecule has 0 aliphatic heterocycles. The first-order chi connectivity index (χ1) is 14.1. The number of benzene rings is 2. The molecule has 0 radical (unpaired) electrons. The van der Waals surface area contributed by atoms with Crippen molar-refractivity contribution in [3.05, 3.63) is 82.9 Å². The fourth-order valence-corrected chi connectivity index (χ4v) is 3.38. The van der Waals surface area contributed by atoms with E-state index < -0.39 is 0 Å². The van der Waals surface area contributed by atoms with Crippen LogP contribution in [0.5, 0.6) is 5.75 Å². The highest BCUT2D eigenvalue weighted by atomic mass is 16.5. The third kappa shape index (κ3) is 4.01. The number of amides is 1. The number of ether oxygens (including phenoxy) is 1. The molecule has 0 aliphatic rings. The van der Waals surface area contributed by atoms with Gasteiger partial charge in [0, 0.05) is 23.6 Å². The highest BCUT2D eigenvalue weighted by Gasteiger charge is 2.15. The fourth-order valence-electron chi connectivity index (χ4n) is 3.38. The Morgan fingerprint density at radius 3 is 2.76 bits per heavy atom. The Morgan fingerprint density at radius 2 is 1.93 bits per heavy atom. The molecule has 6 nitrogen and oxygen atoms in total. The van der Waals surface area contributed by atoms with Gasteiger partial charge in [0.2, 0.25) is 0 Å². The summed E-state index contributed by atoms with van der Waals surface area (Å²) in [5.74, 6) is 1.11. The summed E-state index contributed by atoms with van der Waals surface area (Å²) in [7, 11) is 0. The standard InChI is InChI=1S/C23H23N3O3/c1-15-20(16(2)29-26-15)14-28-22-10-6-4-8-19(22)23(27)24-12-11-17-13-25-21-9-5-3-7-18(17)21/h3-10,13,25H,11-12,14H2,1-2H3,(H,24,27). The molecule has 0 spiro atoms. The van der Waals surface area contributed by atoms with Gasteiger partial charge in [0.05, 0.1) is 16.8 Å². The molecule has 0 bridgehead atoms. The molecule has 2 N–H and O–H groups in total. The van der Waals surface area contributed by atoms with E-state index in [1.807, 2.05) is 50.4 Å². The molecule has 4 rings (SSSR count). The first-order valence-corrected chi connectivity index (χ1v) is 9.60. The molecule has 2 heterocycles. The number of H-pyrrole nitrogens is 1. The van der Waals surface area contributed by atoms with Gasteiger partial charge < -0.3 is 19.6 Å². The molecule has 4 aromatic rings. The van der Waals surface area contributed by atoms with Crippen LogP contribution >= 0.6 is 0 Å². The minimum Gasteiger partial charge on any atom is -0.488 e. The van der Waals surface area contributed by atoms with Gasteiger partial charge in [-0.3, -0.25) is 4.79 Å². The number of hydrogen-bond donors (Lipinski definition) is 2. The Labute approximate surface area is 168 Å². The van der Waals surface area contributed by atoms with Crippen LogP contribution in [-0.4, -0.2) is 22.6 Å². The largest absolute Gasteiger partial charge is 0.488 e. The lowest BCUT2D eigenvalue weighted by molar-refractivity contribution is 0.0949. The zero-order valence-electron chi connectivity index (χ0n) is 16.5. The summed E-state index contributed by atoms with van der Waals surface area (Å²) in [6, 6.07) is 15.4. The van der Waals surface area contributed by atoms with Crippen LogP contribution in [0.4, 0.5) is 0 Å². The Bertz CT molecular complexity index is 1120. The quantitative estimate of drug-likeness (QED) is 0.493. The second kappa shape index (κ2) is 8.22. The number of para-hydroxylation sites is 2. The normalized spacial score (nSPS) is 11.0. The second-order valence-corrected chi connectivity index (χ2v) is 6.95. The monoisotopic (exact) mass is 389 g/mol. The topological polar surface area (TPSA) is 80.2 Å². The van der Waals surface area contributed by atoms with E-state index in [2.05, 4.69) is 21.5 Å². The predicted octanol–water partition coefficient (Wildman–Crippen LogP) is 4.32. The van der Waals surface area contributed by atoms with Crippen molar-refractivity contribution in [2.75, 3.05) is 6.54 Å². The number of aryl methyl sites for hydroxylation is 2. The van der Waals surface area contributed by atoms with Gasteiger partial charge in [0.25, 0.3) is 5.91 Å². The number of nitrogens with one attached hydrogen (secondary N) is 2. The van der Waals surface area contributed by atoms with Crippen molar-refractivity contribution in [2.24, 2.45) is 0 Å². The summed E-state index contributed by atoms with van der Waals surface area (Å²) >= 11 is 0. The SMILES string of the molecule is Cc1noc(C)c1COc1ccccc1C(=O)NCCc1c[nH]c2ccccc12. The molecule has 6 heteroatoms. The highest BCUT2D eigenvalue weighted by Crippen LogP contribution is 2.22. The van der Waals surface area contributed by atoms with Gasteiger partial charge in [-0.1, -0.05) is 35.5 Å². The summed E-state index contributed by atoms with van der Waals surface area (Å²) in [6.07, 6.45) is 2.75. The summed E-state index contributed by atoms with van der Waals surface area (Å²) in [4.78, 5) is 16.0. The second-order valence-electron chi connectivity index (χ2n) is 6.95. The maximum atomic E-state index is 12.7. The number of hydrogen-bond acceptors (Lipinski definition) is 4. The molecule has 0 atom stereocenters. The Balaban J connectivity index is 1.40. The van der Waals surface area contributed by atoms with E-state index in [1.165, 1.54) is 10.9 Å². The molecule has 148 valence electrons. The molecule has 0 unspecified atom stereocenters. The molecule has 1 amide bonds. The number of carbonyl (C=O) groups is 1. The summed E-state index contributed by atoms with van der Waals surface area (Å²) < 4.78 is 11.1. The number of nitrogens with zero attached hydrogens (tertiary/aromatic N) is 1. The minimum absolute atomic E-state index is 0.154. The molecule has 0 saturated carbocycles. The minimum atomic E-state index is -0.154. The van der Waals surface area contributed by atoms with Crippen LogP contribution in [0, 0.1) is 13.8 Å². The molecule has 2 aromatic heterocycles. The maximum absolute atomic E-state index is 12.7. The van der Waals surface area contributed by atoms with Crippen molar-refractivity contribution in [2.45, 2.75) is 26.9 Å². The van der Waals surface area contributed by atoms with Crippen LogP contribution in [0.2, 0.25) is 0 Å². The Hall–Kier alpha value is -3.54. The van der Waals surface area contributed by atoms with Gasteiger partial charge in [0.15, 0.2) is 0 Å². The van der Waals surface area contributed by atoms with Crippen molar-refractivity contribution < 1.29 is 14.1 Å². The molecular formula is C23H23N3O3. The zero-order chi connectivity index (χ0) is 20.2. The molecule has 0 aliphatic carbocycles. The van der Waals surface area contributed by atoms with E-state index in [0.29, 0.717) is 24.5 Å². The third-order valence-corrected chi connectivity index (χ3v) is 5.04. The first-order valence-electron chi connectivity index (χ1n) is 9.60. The lowest BCUT2D eigenvalue weighted by atomic mass is 10.1. The van der Waals surface area contributed by atoms with Gasteiger partial charge in [-0.05, 0) is 44.0 Å². The number of aromatic amines is 1. The smallest absolute Gasteiger partial charge is 0.255 e. The summed E-state index contributed by atoms with van der Waals surface area (Å²) in [6.45, 7) is 4.57. The Kier molecular flexibility index (Phi) is 5.33. The van der Waals surface area contributed by atoms with Crippen LogP contribution < -0.4 is 10.1 Å². The average Bonchev–Trinajstić information content (AvgIpc) is 3.30. The Morgan fingerprint density at radius 1 is 1.14 bits per heavy atom. The van der Waals surface area contributed by atoms with Crippen molar-refractivity contribution in [1.29, 1.82) is 0 Å². The van der Waals surface area contributed by atoms with Crippen LogP contribution in [0.15, 0.2) is 59.3 Å². The van der Waals surface area contributed by atoms with E-state index in [0.717, 1.165) is 29.0 Å². The number of carbonyl (C=O) groups excluding carboxylic acids is 1. The lowest BCUT2D eigenvalue weighted by Crippen LogP contribution is -2.26. The fraction of sp³-hybridized carbons (Fsp3) is 0.217. The molecule has 0 saturated heterocycles. The van der Waals surface area contributed by atoms with Crippen molar-refractivity contribution in [3.8, 4) is 5.75 Å². The molecule has 29 heavy (non-hydrogen) atoms.